The van der Waals surface area contributed by atoms with Crippen LogP contribution in [0.1, 0.15) is 12.5 Å². The lowest BCUT2D eigenvalue weighted by Gasteiger charge is -2.44. The van der Waals surface area contributed by atoms with Crippen LogP contribution in [0.25, 0.3) is 0 Å². The van der Waals surface area contributed by atoms with Crippen molar-refractivity contribution in [2.75, 3.05) is 4.90 Å². The summed E-state index contributed by atoms with van der Waals surface area (Å²) in [5.41, 5.74) is 0.484. The molecular weight excluding hydrogens is 349 g/mol. The molecular formula is C18H15F3N2OS. The summed E-state index contributed by atoms with van der Waals surface area (Å²) in [5, 5.41) is 2.40. The topological polar surface area (TPSA) is 32.3 Å². The van der Waals surface area contributed by atoms with Gasteiger partial charge in [0.2, 0.25) is 4.87 Å². The maximum atomic E-state index is 14.0. The summed E-state index contributed by atoms with van der Waals surface area (Å²) in [6, 6.07) is 15.2. The van der Waals surface area contributed by atoms with Gasteiger partial charge in [0.25, 0.3) is 0 Å². The normalized spacial score (nSPS) is 22.8. The van der Waals surface area contributed by atoms with Gasteiger partial charge in [-0.1, -0.05) is 66.4 Å². The number of nitrogens with zero attached hydrogens (tertiary/aromatic N) is 1. The largest absolute Gasteiger partial charge is 0.425 e. The maximum Gasteiger partial charge on any atom is 0.425 e. The van der Waals surface area contributed by atoms with Crippen molar-refractivity contribution in [2.45, 2.75) is 18.0 Å². The molecule has 1 unspecified atom stereocenters. The van der Waals surface area contributed by atoms with Crippen LogP contribution in [-0.4, -0.2) is 12.2 Å². The fourth-order valence-electron chi connectivity index (χ4n) is 2.64. The van der Waals surface area contributed by atoms with Crippen LogP contribution in [0.15, 0.2) is 71.8 Å². The Hall–Kier alpha value is -2.41. The molecule has 3 rings (SSSR count). The van der Waals surface area contributed by atoms with Crippen LogP contribution in [0.2, 0.25) is 0 Å². The van der Waals surface area contributed by atoms with Crippen molar-refractivity contribution in [3.8, 4) is 0 Å². The number of carbonyl (C=O) groups excluding carboxylic acids is 1. The van der Waals surface area contributed by atoms with E-state index in [0.29, 0.717) is 17.4 Å². The average molecular weight is 364 g/mol. The summed E-state index contributed by atoms with van der Waals surface area (Å²) < 4.78 is 42.0. The van der Waals surface area contributed by atoms with E-state index in [1.807, 2.05) is 0 Å². The minimum absolute atomic E-state index is 0.0205. The van der Waals surface area contributed by atoms with Crippen LogP contribution in [0.3, 0.4) is 0 Å². The SMILES string of the molecule is C/C=C1/SC(c2ccccc2)(C(F)(F)F)NC(=O)N1c1ccccc1. The molecule has 2 aromatic carbocycles. The highest BCUT2D eigenvalue weighted by atomic mass is 32.2. The van der Waals surface area contributed by atoms with Crippen LogP contribution in [0, 0.1) is 0 Å². The number of carbonyl (C=O) groups is 1. The van der Waals surface area contributed by atoms with Crippen molar-refractivity contribution >= 4 is 23.5 Å². The molecule has 2 amide bonds. The van der Waals surface area contributed by atoms with Crippen molar-refractivity contribution in [1.82, 2.24) is 5.32 Å². The number of benzene rings is 2. The Morgan fingerprint density at radius 1 is 1.04 bits per heavy atom. The molecule has 7 heteroatoms. The minimum Gasteiger partial charge on any atom is -0.311 e. The lowest BCUT2D eigenvalue weighted by atomic mass is 10.1. The van der Waals surface area contributed by atoms with Crippen molar-refractivity contribution in [3.05, 3.63) is 77.3 Å². The second kappa shape index (κ2) is 6.48. The smallest absolute Gasteiger partial charge is 0.311 e. The zero-order valence-corrected chi connectivity index (χ0v) is 14.1. The van der Waals surface area contributed by atoms with Crippen LogP contribution < -0.4 is 10.2 Å². The third-order valence-corrected chi connectivity index (χ3v) is 5.31. The Balaban J connectivity index is 2.10. The fraction of sp³-hybridized carbons (Fsp3) is 0.167. The van der Waals surface area contributed by atoms with Gasteiger partial charge in [-0.25, -0.2) is 4.79 Å². The average Bonchev–Trinajstić information content (AvgIpc) is 2.61. The molecule has 0 aromatic heterocycles. The molecule has 1 aliphatic heterocycles. The van der Waals surface area contributed by atoms with Crippen molar-refractivity contribution < 1.29 is 18.0 Å². The lowest BCUT2D eigenvalue weighted by molar-refractivity contribution is -0.167. The van der Waals surface area contributed by atoms with Gasteiger partial charge in [-0.3, -0.25) is 4.90 Å². The first kappa shape index (κ1) is 17.4. The van der Waals surface area contributed by atoms with Crippen LogP contribution in [0.4, 0.5) is 23.7 Å². The predicted molar refractivity (Wildman–Crippen MR) is 93.0 cm³/mol. The predicted octanol–water partition coefficient (Wildman–Crippen LogP) is 5.23. The van der Waals surface area contributed by atoms with E-state index in [0.717, 1.165) is 0 Å². The molecule has 130 valence electrons. The second-order valence-electron chi connectivity index (χ2n) is 5.38. The summed E-state index contributed by atoms with van der Waals surface area (Å²) in [7, 11) is 0. The number of urea groups is 1. The van der Waals surface area contributed by atoms with Crippen molar-refractivity contribution in [3.63, 3.8) is 0 Å². The molecule has 0 aliphatic carbocycles. The standard InChI is InChI=1S/C18H15F3N2OS/c1-2-15-23(14-11-7-4-8-12-14)16(24)22-17(25-15,18(19,20)21)13-9-5-3-6-10-13/h2-12H,1H3,(H,22,24)/b15-2+. The number of nitrogens with one attached hydrogen (secondary N) is 1. The zero-order valence-electron chi connectivity index (χ0n) is 13.2. The summed E-state index contributed by atoms with van der Waals surface area (Å²) in [6.07, 6.45) is -3.16. The van der Waals surface area contributed by atoms with E-state index in [1.54, 1.807) is 43.3 Å². The Morgan fingerprint density at radius 3 is 2.12 bits per heavy atom. The van der Waals surface area contributed by atoms with E-state index in [2.05, 4.69) is 5.32 Å². The monoisotopic (exact) mass is 364 g/mol. The molecule has 0 radical (unpaired) electrons. The van der Waals surface area contributed by atoms with Gasteiger partial charge in [0.05, 0.1) is 10.7 Å². The number of hydrogen-bond donors (Lipinski definition) is 1. The first-order valence-electron chi connectivity index (χ1n) is 7.54. The lowest BCUT2D eigenvalue weighted by Crippen LogP contribution is -2.60. The molecule has 1 aliphatic rings. The molecule has 0 saturated carbocycles. The van der Waals surface area contributed by atoms with Gasteiger partial charge in [0.1, 0.15) is 0 Å². The molecule has 0 spiro atoms. The third-order valence-electron chi connectivity index (χ3n) is 3.80. The third kappa shape index (κ3) is 3.00. The number of rotatable bonds is 2. The van der Waals surface area contributed by atoms with Crippen molar-refractivity contribution in [1.29, 1.82) is 0 Å². The van der Waals surface area contributed by atoms with E-state index in [1.165, 1.54) is 35.2 Å². The number of allylic oxidation sites excluding steroid dienone is 1. The van der Waals surface area contributed by atoms with Crippen LogP contribution in [0.5, 0.6) is 0 Å². The first-order valence-corrected chi connectivity index (χ1v) is 8.35. The Kier molecular flexibility index (Phi) is 4.51. The number of thioether (sulfide) groups is 1. The molecule has 3 nitrogen and oxygen atoms in total. The number of amides is 2. The molecule has 2 aromatic rings. The number of hydrogen-bond acceptors (Lipinski definition) is 2. The van der Waals surface area contributed by atoms with E-state index in [9.17, 15) is 18.0 Å². The van der Waals surface area contributed by atoms with Gasteiger partial charge in [-0.15, -0.1) is 0 Å². The highest BCUT2D eigenvalue weighted by Gasteiger charge is 2.61. The first-order chi connectivity index (χ1) is 11.9. The molecule has 1 N–H and O–H groups in total. The molecule has 25 heavy (non-hydrogen) atoms. The highest BCUT2D eigenvalue weighted by Crippen LogP contribution is 2.53. The number of para-hydroxylation sites is 1. The van der Waals surface area contributed by atoms with Gasteiger partial charge < -0.3 is 5.32 Å². The number of anilines is 1. The Labute approximate surface area is 147 Å². The van der Waals surface area contributed by atoms with E-state index in [-0.39, 0.29) is 10.6 Å². The highest BCUT2D eigenvalue weighted by molar-refractivity contribution is 8.04. The van der Waals surface area contributed by atoms with Gasteiger partial charge in [-0.2, -0.15) is 13.2 Å². The Bertz CT molecular complexity index is 793. The molecule has 1 heterocycles. The second-order valence-corrected chi connectivity index (χ2v) is 6.61. The van der Waals surface area contributed by atoms with Gasteiger partial charge in [0.15, 0.2) is 0 Å². The number of halogens is 3. The summed E-state index contributed by atoms with van der Waals surface area (Å²) in [6.45, 7) is 1.61. The summed E-state index contributed by atoms with van der Waals surface area (Å²) >= 11 is 0.576. The molecule has 1 saturated heterocycles. The molecule has 0 bridgehead atoms. The minimum atomic E-state index is -4.67. The molecule has 1 atom stereocenters. The summed E-state index contributed by atoms with van der Waals surface area (Å²) in [4.78, 5) is 11.4. The quantitative estimate of drug-likeness (QED) is 0.792. The van der Waals surface area contributed by atoms with E-state index in [4.69, 9.17) is 0 Å². The fourth-order valence-corrected chi connectivity index (χ4v) is 3.86. The van der Waals surface area contributed by atoms with E-state index < -0.39 is 17.1 Å². The number of alkyl halides is 3. The molecule has 1 fully saturated rings. The van der Waals surface area contributed by atoms with E-state index >= 15 is 0 Å². The van der Waals surface area contributed by atoms with Crippen LogP contribution >= 0.6 is 11.8 Å². The van der Waals surface area contributed by atoms with Gasteiger partial charge in [0, 0.05) is 0 Å². The van der Waals surface area contributed by atoms with Crippen LogP contribution in [-0.2, 0) is 4.87 Å². The Morgan fingerprint density at radius 2 is 1.60 bits per heavy atom. The zero-order chi connectivity index (χ0) is 18.1. The van der Waals surface area contributed by atoms with Gasteiger partial charge >= 0.3 is 12.2 Å². The summed E-state index contributed by atoms with van der Waals surface area (Å²) in [5.74, 6) is 0. The van der Waals surface area contributed by atoms with Gasteiger partial charge in [-0.05, 0) is 24.6 Å². The maximum absolute atomic E-state index is 14.0. The van der Waals surface area contributed by atoms with Crippen molar-refractivity contribution in [2.24, 2.45) is 0 Å².